The minimum atomic E-state index is -0.0372. The summed E-state index contributed by atoms with van der Waals surface area (Å²) < 4.78 is 5.21. The Kier molecular flexibility index (Phi) is 5.25. The van der Waals surface area contributed by atoms with E-state index >= 15 is 0 Å². The Bertz CT molecular complexity index is 964. The smallest absolute Gasteiger partial charge is 0.224 e. The lowest BCUT2D eigenvalue weighted by Gasteiger charge is -2.45. The van der Waals surface area contributed by atoms with Crippen LogP contribution in [0.5, 0.6) is 0 Å². The Morgan fingerprint density at radius 3 is 2.79 bits per heavy atom. The normalized spacial score (nSPS) is 23.2. The summed E-state index contributed by atoms with van der Waals surface area (Å²) in [4.78, 5) is 19.2. The number of nitrogens with zero attached hydrogens (tertiary/aromatic N) is 3. The third-order valence-corrected chi connectivity index (χ3v) is 5.96. The van der Waals surface area contributed by atoms with Crippen LogP contribution in [0.15, 0.2) is 36.4 Å². The highest BCUT2D eigenvalue weighted by Gasteiger charge is 2.47. The predicted octanol–water partition coefficient (Wildman–Crippen LogP) is 4.03. The highest BCUT2D eigenvalue weighted by molar-refractivity contribution is 5.94. The molecule has 2 heterocycles. The zero-order valence-corrected chi connectivity index (χ0v) is 17.1. The molecule has 1 aliphatic heterocycles. The van der Waals surface area contributed by atoms with Crippen LogP contribution < -0.4 is 10.2 Å². The number of aromatic nitrogens is 1. The molecule has 0 spiro atoms. The van der Waals surface area contributed by atoms with Crippen LogP contribution in [0.1, 0.15) is 49.6 Å². The number of ether oxygens (including phenoxy) is 1. The van der Waals surface area contributed by atoms with E-state index in [1.165, 1.54) is 0 Å². The topological polar surface area (TPSA) is 78.2 Å². The summed E-state index contributed by atoms with van der Waals surface area (Å²) in [5, 5.41) is 13.0. The maximum absolute atomic E-state index is 12.6. The molecule has 6 nitrogen and oxygen atoms in total. The van der Waals surface area contributed by atoms with Crippen LogP contribution in [0.25, 0.3) is 0 Å². The maximum Gasteiger partial charge on any atom is 0.224 e. The Morgan fingerprint density at radius 2 is 2.14 bits per heavy atom. The van der Waals surface area contributed by atoms with Gasteiger partial charge in [0, 0.05) is 31.7 Å². The molecule has 2 aromatic rings. The molecule has 150 valence electrons. The Balaban J connectivity index is 1.77. The van der Waals surface area contributed by atoms with Gasteiger partial charge < -0.3 is 15.0 Å². The largest absolute Gasteiger partial charge is 0.378 e. The number of methoxy groups -OCH3 is 1. The van der Waals surface area contributed by atoms with Gasteiger partial charge in [-0.05, 0) is 54.7 Å². The van der Waals surface area contributed by atoms with Gasteiger partial charge in [-0.25, -0.2) is 4.98 Å². The third kappa shape index (κ3) is 3.70. The quantitative estimate of drug-likeness (QED) is 0.834. The summed E-state index contributed by atoms with van der Waals surface area (Å²) >= 11 is 0. The fourth-order valence-corrected chi connectivity index (χ4v) is 4.58. The van der Waals surface area contributed by atoms with Crippen LogP contribution in [0, 0.1) is 23.2 Å². The number of carbonyl (C=O) groups is 1. The average molecular weight is 390 g/mol. The predicted molar refractivity (Wildman–Crippen MR) is 111 cm³/mol. The first-order valence-electron chi connectivity index (χ1n) is 10.1. The van der Waals surface area contributed by atoms with E-state index in [4.69, 9.17) is 4.74 Å². The molecule has 0 saturated heterocycles. The van der Waals surface area contributed by atoms with Crippen molar-refractivity contribution in [2.45, 2.75) is 45.4 Å². The molecular formula is C23H26N4O2. The third-order valence-electron chi connectivity index (χ3n) is 5.96. The first kappa shape index (κ1) is 19.4. The molecule has 6 heteroatoms. The lowest BCUT2D eigenvalue weighted by molar-refractivity contribution is -0.117. The van der Waals surface area contributed by atoms with Gasteiger partial charge in [0.05, 0.1) is 30.0 Å². The zero-order chi connectivity index (χ0) is 20.5. The molecule has 0 radical (unpaired) electrons. The van der Waals surface area contributed by atoms with Crippen molar-refractivity contribution in [3.8, 4) is 6.07 Å². The SMILES string of the molecule is COCc1cccc(N[C@H]2c3cc(C#N)ccc3N(C(C)=O)[C@@H](C3CC3)[C@@H]2C)n1. The molecule has 1 saturated carbocycles. The van der Waals surface area contributed by atoms with Crippen LogP contribution >= 0.6 is 0 Å². The van der Waals surface area contributed by atoms with Gasteiger partial charge in [0.2, 0.25) is 5.91 Å². The second-order valence-corrected chi connectivity index (χ2v) is 8.03. The number of amides is 1. The van der Waals surface area contributed by atoms with E-state index in [1.807, 2.05) is 35.2 Å². The Labute approximate surface area is 171 Å². The van der Waals surface area contributed by atoms with Gasteiger partial charge in [0.15, 0.2) is 0 Å². The highest BCUT2D eigenvalue weighted by Crippen LogP contribution is 2.50. The van der Waals surface area contributed by atoms with E-state index in [-0.39, 0.29) is 23.9 Å². The number of fused-ring (bicyclic) bond motifs is 1. The van der Waals surface area contributed by atoms with Crippen LogP contribution in [0.2, 0.25) is 0 Å². The first-order valence-corrected chi connectivity index (χ1v) is 10.1. The van der Waals surface area contributed by atoms with Gasteiger partial charge in [-0.1, -0.05) is 13.0 Å². The highest BCUT2D eigenvalue weighted by atomic mass is 16.5. The summed E-state index contributed by atoms with van der Waals surface area (Å²) in [7, 11) is 1.65. The number of nitrogens with one attached hydrogen (secondary N) is 1. The van der Waals surface area contributed by atoms with E-state index in [0.29, 0.717) is 18.1 Å². The van der Waals surface area contributed by atoms with Crippen molar-refractivity contribution in [3.05, 3.63) is 53.2 Å². The Morgan fingerprint density at radius 1 is 1.34 bits per heavy atom. The van der Waals surface area contributed by atoms with E-state index < -0.39 is 0 Å². The van der Waals surface area contributed by atoms with E-state index in [0.717, 1.165) is 35.6 Å². The number of hydrogen-bond donors (Lipinski definition) is 1. The fourth-order valence-electron chi connectivity index (χ4n) is 4.58. The molecule has 1 aromatic heterocycles. The number of rotatable bonds is 5. The van der Waals surface area contributed by atoms with Gasteiger partial charge >= 0.3 is 0 Å². The molecule has 29 heavy (non-hydrogen) atoms. The second-order valence-electron chi connectivity index (χ2n) is 8.03. The summed E-state index contributed by atoms with van der Waals surface area (Å²) in [6.45, 7) is 4.28. The summed E-state index contributed by atoms with van der Waals surface area (Å²) in [6.07, 6.45) is 2.30. The first-order chi connectivity index (χ1) is 14.0. The molecule has 3 atom stereocenters. The summed E-state index contributed by atoms with van der Waals surface area (Å²) in [5.41, 5.74) is 3.33. The molecule has 1 aromatic carbocycles. The summed E-state index contributed by atoms with van der Waals surface area (Å²) in [6, 6.07) is 13.8. The standard InChI is InChI=1S/C23H26N4O2/c1-14-22(26-21-6-4-5-18(25-21)13-29-3)19-11-16(12-24)7-10-20(19)27(15(2)28)23(14)17-8-9-17/h4-7,10-11,14,17,22-23H,8-9,13H2,1-3H3,(H,25,26)/t14-,22-,23-/m1/s1. The fraction of sp³-hybridized carbons (Fsp3) is 0.435. The number of carbonyl (C=O) groups excluding carboxylic acids is 1. The van der Waals surface area contributed by atoms with E-state index in [9.17, 15) is 10.1 Å². The second kappa shape index (κ2) is 7.84. The maximum atomic E-state index is 12.6. The monoisotopic (exact) mass is 390 g/mol. The van der Waals surface area contributed by atoms with Gasteiger partial charge in [-0.3, -0.25) is 4.79 Å². The molecule has 1 amide bonds. The number of anilines is 2. The van der Waals surface area contributed by atoms with Gasteiger partial charge in [-0.15, -0.1) is 0 Å². The number of nitriles is 1. The van der Waals surface area contributed by atoms with Gasteiger partial charge in [0.1, 0.15) is 5.82 Å². The molecule has 0 bridgehead atoms. The van der Waals surface area contributed by atoms with Crippen LogP contribution in [0.4, 0.5) is 11.5 Å². The lowest BCUT2D eigenvalue weighted by Crippen LogP contribution is -2.51. The van der Waals surface area contributed by atoms with Crippen molar-refractivity contribution < 1.29 is 9.53 Å². The van der Waals surface area contributed by atoms with Crippen LogP contribution in [-0.4, -0.2) is 24.0 Å². The van der Waals surface area contributed by atoms with Crippen molar-refractivity contribution in [3.63, 3.8) is 0 Å². The molecule has 4 rings (SSSR count). The minimum Gasteiger partial charge on any atom is -0.378 e. The van der Waals surface area contributed by atoms with Crippen LogP contribution in [0.3, 0.4) is 0 Å². The van der Waals surface area contributed by atoms with E-state index in [1.54, 1.807) is 20.1 Å². The van der Waals surface area contributed by atoms with Crippen molar-refractivity contribution in [2.75, 3.05) is 17.3 Å². The number of pyridine rings is 1. The lowest BCUT2D eigenvalue weighted by atomic mass is 9.79. The van der Waals surface area contributed by atoms with Crippen LogP contribution in [-0.2, 0) is 16.1 Å². The van der Waals surface area contributed by atoms with E-state index in [2.05, 4.69) is 23.3 Å². The molecule has 2 aliphatic rings. The Hall–Kier alpha value is -2.91. The number of benzene rings is 1. The summed E-state index contributed by atoms with van der Waals surface area (Å²) in [5.74, 6) is 1.53. The zero-order valence-electron chi connectivity index (χ0n) is 17.1. The van der Waals surface area contributed by atoms with Crippen molar-refractivity contribution in [2.24, 2.45) is 11.8 Å². The molecule has 0 unspecified atom stereocenters. The van der Waals surface area contributed by atoms with Gasteiger partial charge in [-0.2, -0.15) is 5.26 Å². The van der Waals surface area contributed by atoms with Gasteiger partial charge in [0.25, 0.3) is 0 Å². The van der Waals surface area contributed by atoms with Crippen molar-refractivity contribution in [1.82, 2.24) is 4.98 Å². The molecular weight excluding hydrogens is 364 g/mol. The number of hydrogen-bond acceptors (Lipinski definition) is 5. The molecule has 1 aliphatic carbocycles. The van der Waals surface area contributed by atoms with Crippen molar-refractivity contribution in [1.29, 1.82) is 5.26 Å². The average Bonchev–Trinajstić information content (AvgIpc) is 3.54. The molecule has 1 N–H and O–H groups in total. The molecule has 1 fully saturated rings. The minimum absolute atomic E-state index is 0.0372. The van der Waals surface area contributed by atoms with Crippen molar-refractivity contribution >= 4 is 17.4 Å².